The molecule has 1 aromatic rings. The lowest BCUT2D eigenvalue weighted by Crippen LogP contribution is -2.70. The minimum Gasteiger partial charge on any atom is -0.497 e. The van der Waals surface area contributed by atoms with Crippen molar-refractivity contribution >= 4 is 11.8 Å². The van der Waals surface area contributed by atoms with Gasteiger partial charge in [0.2, 0.25) is 11.8 Å². The molecule has 5 heteroatoms. The van der Waals surface area contributed by atoms with Gasteiger partial charge < -0.3 is 14.5 Å². The van der Waals surface area contributed by atoms with E-state index in [9.17, 15) is 9.59 Å². The van der Waals surface area contributed by atoms with Crippen LogP contribution < -0.4 is 4.74 Å². The summed E-state index contributed by atoms with van der Waals surface area (Å²) in [6, 6.07) is 7.26. The fourth-order valence-corrected chi connectivity index (χ4v) is 4.39. The average molecular weight is 356 g/mol. The quantitative estimate of drug-likeness (QED) is 0.736. The van der Waals surface area contributed by atoms with E-state index in [0.717, 1.165) is 17.7 Å². The molecule has 0 bridgehead atoms. The summed E-state index contributed by atoms with van der Waals surface area (Å²) in [6.07, 6.45) is 3.87. The number of hydrogen-bond donors (Lipinski definition) is 0. The summed E-state index contributed by atoms with van der Waals surface area (Å²) < 4.78 is 5.21. The molecular weight excluding hydrogens is 328 g/mol. The van der Waals surface area contributed by atoms with Gasteiger partial charge in [-0.25, -0.2) is 0 Å². The number of rotatable bonds is 6. The first kappa shape index (κ1) is 18.5. The zero-order valence-electron chi connectivity index (χ0n) is 15.9. The van der Waals surface area contributed by atoms with E-state index in [1.807, 2.05) is 43.0 Å². The Balaban J connectivity index is 1.97. The van der Waals surface area contributed by atoms with Gasteiger partial charge in [-0.2, -0.15) is 0 Å². The van der Waals surface area contributed by atoms with Crippen LogP contribution in [0.15, 0.2) is 36.9 Å². The number of piperazine rings is 1. The zero-order chi connectivity index (χ0) is 18.9. The fourth-order valence-electron chi connectivity index (χ4n) is 4.39. The molecule has 0 spiro atoms. The number of ether oxygens (including phenoxy) is 1. The van der Waals surface area contributed by atoms with E-state index in [2.05, 4.69) is 6.58 Å². The SMILES string of the molecule is C=CC[C@@]12CCCN1C(=O)[C@H](C(C)C)N(Cc1ccc(OC)cc1)C2=O. The molecule has 2 heterocycles. The van der Waals surface area contributed by atoms with Crippen LogP contribution in [0.1, 0.15) is 38.7 Å². The third kappa shape index (κ3) is 2.89. The first-order valence-corrected chi connectivity index (χ1v) is 9.31. The maximum atomic E-state index is 13.6. The van der Waals surface area contributed by atoms with Crippen LogP contribution in [0.4, 0.5) is 0 Å². The molecule has 2 aliphatic rings. The van der Waals surface area contributed by atoms with Crippen molar-refractivity contribution < 1.29 is 14.3 Å². The molecule has 140 valence electrons. The second-order valence-electron chi connectivity index (χ2n) is 7.59. The molecular formula is C21H28N2O3. The van der Waals surface area contributed by atoms with E-state index in [0.29, 0.717) is 25.9 Å². The minimum absolute atomic E-state index is 0.0593. The van der Waals surface area contributed by atoms with Crippen molar-refractivity contribution in [3.63, 3.8) is 0 Å². The molecule has 0 unspecified atom stereocenters. The summed E-state index contributed by atoms with van der Waals surface area (Å²) >= 11 is 0. The summed E-state index contributed by atoms with van der Waals surface area (Å²) in [7, 11) is 1.63. The van der Waals surface area contributed by atoms with E-state index in [4.69, 9.17) is 4.74 Å². The minimum atomic E-state index is -0.739. The average Bonchev–Trinajstić information content (AvgIpc) is 3.05. The number of carbonyl (C=O) groups is 2. The first-order valence-electron chi connectivity index (χ1n) is 9.31. The summed E-state index contributed by atoms with van der Waals surface area (Å²) in [4.78, 5) is 30.4. The Morgan fingerprint density at radius 2 is 2.00 bits per heavy atom. The van der Waals surface area contributed by atoms with E-state index in [1.165, 1.54) is 0 Å². The Bertz CT molecular complexity index is 698. The van der Waals surface area contributed by atoms with Crippen LogP contribution in [0.25, 0.3) is 0 Å². The Morgan fingerprint density at radius 3 is 2.58 bits per heavy atom. The smallest absolute Gasteiger partial charge is 0.249 e. The van der Waals surface area contributed by atoms with Crippen molar-refractivity contribution in [2.45, 2.75) is 51.2 Å². The number of hydrogen-bond acceptors (Lipinski definition) is 3. The van der Waals surface area contributed by atoms with E-state index >= 15 is 0 Å². The summed E-state index contributed by atoms with van der Waals surface area (Å²) in [5.74, 6) is 0.976. The Kier molecular flexibility index (Phi) is 5.08. The van der Waals surface area contributed by atoms with Crippen molar-refractivity contribution in [1.29, 1.82) is 0 Å². The predicted octanol–water partition coefficient (Wildman–Crippen LogP) is 3.00. The first-order chi connectivity index (χ1) is 12.4. The molecule has 0 aliphatic carbocycles. The van der Waals surface area contributed by atoms with Crippen LogP contribution >= 0.6 is 0 Å². The van der Waals surface area contributed by atoms with Crippen LogP contribution in [0, 0.1) is 5.92 Å². The largest absolute Gasteiger partial charge is 0.497 e. The number of nitrogens with zero attached hydrogens (tertiary/aromatic N) is 2. The van der Waals surface area contributed by atoms with Gasteiger partial charge in [-0.1, -0.05) is 32.1 Å². The second-order valence-corrected chi connectivity index (χ2v) is 7.59. The number of carbonyl (C=O) groups excluding carboxylic acids is 2. The standard InChI is InChI=1S/C21H28N2O3/c1-5-11-21-12-6-13-23(21)19(24)18(15(2)3)22(20(21)25)14-16-7-9-17(26-4)10-8-16/h5,7-10,15,18H,1,6,11-14H2,2-4H3/t18-,21-/m0/s1. The lowest BCUT2D eigenvalue weighted by Gasteiger charge is -2.50. The number of amides is 2. The summed E-state index contributed by atoms with van der Waals surface area (Å²) in [5.41, 5.74) is 0.259. The summed E-state index contributed by atoms with van der Waals surface area (Å²) in [6.45, 7) is 8.94. The van der Waals surface area contributed by atoms with Gasteiger partial charge in [0, 0.05) is 13.1 Å². The van der Waals surface area contributed by atoms with Crippen LogP contribution in [0.3, 0.4) is 0 Å². The molecule has 3 rings (SSSR count). The van der Waals surface area contributed by atoms with Crippen LogP contribution in [-0.4, -0.2) is 46.8 Å². The Labute approximate surface area is 155 Å². The van der Waals surface area contributed by atoms with Crippen LogP contribution in [-0.2, 0) is 16.1 Å². The lowest BCUT2D eigenvalue weighted by atomic mass is 9.84. The molecule has 2 atom stereocenters. The maximum absolute atomic E-state index is 13.6. The van der Waals surface area contributed by atoms with Crippen molar-refractivity contribution in [2.24, 2.45) is 5.92 Å². The molecule has 0 N–H and O–H groups in total. The van der Waals surface area contributed by atoms with Gasteiger partial charge in [0.25, 0.3) is 0 Å². The van der Waals surface area contributed by atoms with Gasteiger partial charge in [0.1, 0.15) is 17.3 Å². The number of methoxy groups -OCH3 is 1. The topological polar surface area (TPSA) is 49.9 Å². The van der Waals surface area contributed by atoms with Crippen molar-refractivity contribution in [3.05, 3.63) is 42.5 Å². The van der Waals surface area contributed by atoms with E-state index in [-0.39, 0.29) is 17.7 Å². The molecule has 2 saturated heterocycles. The highest BCUT2D eigenvalue weighted by Crippen LogP contribution is 2.41. The second kappa shape index (κ2) is 7.14. The molecule has 26 heavy (non-hydrogen) atoms. The van der Waals surface area contributed by atoms with Gasteiger partial charge in [0.05, 0.1) is 7.11 Å². The van der Waals surface area contributed by atoms with Crippen LogP contribution in [0.5, 0.6) is 5.75 Å². The van der Waals surface area contributed by atoms with E-state index < -0.39 is 11.6 Å². The molecule has 5 nitrogen and oxygen atoms in total. The molecule has 2 aliphatic heterocycles. The van der Waals surface area contributed by atoms with Gasteiger partial charge in [-0.3, -0.25) is 9.59 Å². The zero-order valence-corrected chi connectivity index (χ0v) is 15.9. The maximum Gasteiger partial charge on any atom is 0.249 e. The number of fused-ring (bicyclic) bond motifs is 1. The highest BCUT2D eigenvalue weighted by atomic mass is 16.5. The normalized spacial score (nSPS) is 25.6. The van der Waals surface area contributed by atoms with Gasteiger partial charge >= 0.3 is 0 Å². The highest BCUT2D eigenvalue weighted by molar-refractivity contribution is 6.00. The molecule has 2 amide bonds. The monoisotopic (exact) mass is 356 g/mol. The molecule has 0 radical (unpaired) electrons. The van der Waals surface area contributed by atoms with Crippen LogP contribution in [0.2, 0.25) is 0 Å². The van der Waals surface area contributed by atoms with Gasteiger partial charge in [0.15, 0.2) is 0 Å². The van der Waals surface area contributed by atoms with Crippen molar-refractivity contribution in [2.75, 3.05) is 13.7 Å². The predicted molar refractivity (Wildman–Crippen MR) is 101 cm³/mol. The highest BCUT2D eigenvalue weighted by Gasteiger charge is 2.57. The summed E-state index contributed by atoms with van der Waals surface area (Å²) in [5, 5.41) is 0. The van der Waals surface area contributed by atoms with Crippen molar-refractivity contribution in [3.8, 4) is 5.75 Å². The molecule has 0 saturated carbocycles. The molecule has 2 fully saturated rings. The number of benzene rings is 1. The third-order valence-corrected chi connectivity index (χ3v) is 5.63. The lowest BCUT2D eigenvalue weighted by molar-refractivity contribution is -0.170. The van der Waals surface area contributed by atoms with Gasteiger partial charge in [-0.15, -0.1) is 6.58 Å². The van der Waals surface area contributed by atoms with E-state index in [1.54, 1.807) is 18.1 Å². The molecule has 0 aromatic heterocycles. The Morgan fingerprint density at radius 1 is 1.31 bits per heavy atom. The third-order valence-electron chi connectivity index (χ3n) is 5.63. The van der Waals surface area contributed by atoms with Gasteiger partial charge in [-0.05, 0) is 42.9 Å². The fraction of sp³-hybridized carbons (Fsp3) is 0.524. The Hall–Kier alpha value is -2.30. The van der Waals surface area contributed by atoms with Crippen molar-refractivity contribution in [1.82, 2.24) is 9.80 Å². The molecule has 1 aromatic carbocycles.